The Morgan fingerprint density at radius 1 is 1.12 bits per heavy atom. The number of hydrogen-bond donors (Lipinski definition) is 1. The summed E-state index contributed by atoms with van der Waals surface area (Å²) in [7, 11) is 0. The molecule has 0 atom stereocenters. The van der Waals surface area contributed by atoms with Crippen molar-refractivity contribution in [1.82, 2.24) is 5.32 Å². The van der Waals surface area contributed by atoms with E-state index in [1.807, 2.05) is 35.7 Å². The van der Waals surface area contributed by atoms with Crippen molar-refractivity contribution in [1.29, 1.82) is 0 Å². The van der Waals surface area contributed by atoms with Gasteiger partial charge in [-0.2, -0.15) is 0 Å². The van der Waals surface area contributed by atoms with E-state index in [1.54, 1.807) is 0 Å². The maximum Gasteiger partial charge on any atom is 0.258 e. The monoisotopic (exact) mass is 365 g/mol. The summed E-state index contributed by atoms with van der Waals surface area (Å²) in [4.78, 5) is 12.0. The molecule has 1 heterocycles. The normalized spacial score (nSPS) is 25.2. The van der Waals surface area contributed by atoms with E-state index in [1.165, 1.54) is 36.3 Å². The van der Waals surface area contributed by atoms with E-state index in [2.05, 4.69) is 24.4 Å². The highest BCUT2D eigenvalue weighted by Crippen LogP contribution is 2.43. The molecule has 24 heavy (non-hydrogen) atoms. The summed E-state index contributed by atoms with van der Waals surface area (Å²) in [6.07, 6.45) is 5.92. The molecule has 1 aliphatic heterocycles. The van der Waals surface area contributed by atoms with Gasteiger partial charge in [0.2, 0.25) is 0 Å². The number of ether oxygens (including phenoxy) is 1. The minimum Gasteiger partial charge on any atom is -0.484 e. The van der Waals surface area contributed by atoms with Gasteiger partial charge in [0.1, 0.15) is 5.75 Å². The molecule has 1 N–H and O–H groups in total. The van der Waals surface area contributed by atoms with Crippen LogP contribution >= 0.6 is 23.5 Å². The number of carbonyl (C=O) groups is 1. The lowest BCUT2D eigenvalue weighted by molar-refractivity contribution is -0.124. The molecule has 1 aromatic carbocycles. The molecular weight excluding hydrogens is 338 g/mol. The summed E-state index contributed by atoms with van der Waals surface area (Å²) in [6.45, 7) is 2.40. The molecule has 1 aliphatic carbocycles. The molecule has 0 aromatic heterocycles. The number of benzene rings is 1. The Balaban J connectivity index is 1.41. The van der Waals surface area contributed by atoms with Gasteiger partial charge < -0.3 is 10.1 Å². The largest absolute Gasteiger partial charge is 0.484 e. The van der Waals surface area contributed by atoms with Crippen LogP contribution in [0, 0.1) is 5.92 Å². The Morgan fingerprint density at radius 2 is 1.79 bits per heavy atom. The number of amides is 1. The Hall–Kier alpha value is -0.810. The van der Waals surface area contributed by atoms with Crippen molar-refractivity contribution >= 4 is 29.4 Å². The first-order chi connectivity index (χ1) is 11.7. The molecule has 2 aliphatic rings. The summed E-state index contributed by atoms with van der Waals surface area (Å²) < 4.78 is 6.19. The molecule has 0 unspecified atom stereocenters. The van der Waals surface area contributed by atoms with Crippen LogP contribution in [0.2, 0.25) is 0 Å². The molecular formula is C19H27NO2S2. The van der Waals surface area contributed by atoms with E-state index in [0.717, 1.165) is 24.5 Å². The second kappa shape index (κ2) is 9.04. The van der Waals surface area contributed by atoms with Crippen LogP contribution in [0.3, 0.4) is 0 Å². The maximum absolute atomic E-state index is 12.0. The molecule has 1 aromatic rings. The number of thioether (sulfide) groups is 2. The van der Waals surface area contributed by atoms with Gasteiger partial charge in [0.15, 0.2) is 6.61 Å². The van der Waals surface area contributed by atoms with E-state index in [-0.39, 0.29) is 12.5 Å². The lowest BCUT2D eigenvalue weighted by Crippen LogP contribution is -2.39. The quantitative estimate of drug-likeness (QED) is 0.826. The van der Waals surface area contributed by atoms with Crippen LogP contribution in [-0.2, 0) is 4.79 Å². The first-order valence-corrected chi connectivity index (χ1v) is 11.1. The minimum atomic E-state index is -0.00276. The average molecular weight is 366 g/mol. The predicted molar refractivity (Wildman–Crippen MR) is 104 cm³/mol. The van der Waals surface area contributed by atoms with Crippen molar-refractivity contribution in [2.24, 2.45) is 5.92 Å². The second-order valence-corrected chi connectivity index (χ2v) is 9.53. The SMILES string of the molecule is CC1CCC(NC(=O)COc2ccc(C3SCCCS3)cc2)CC1. The highest BCUT2D eigenvalue weighted by molar-refractivity contribution is 8.16. The van der Waals surface area contributed by atoms with Crippen molar-refractivity contribution in [3.8, 4) is 5.75 Å². The van der Waals surface area contributed by atoms with Crippen molar-refractivity contribution in [2.45, 2.75) is 49.7 Å². The van der Waals surface area contributed by atoms with Gasteiger partial charge in [-0.25, -0.2) is 0 Å². The van der Waals surface area contributed by atoms with Crippen molar-refractivity contribution in [3.05, 3.63) is 29.8 Å². The molecule has 1 amide bonds. The van der Waals surface area contributed by atoms with Gasteiger partial charge in [0.25, 0.3) is 5.91 Å². The maximum atomic E-state index is 12.0. The van der Waals surface area contributed by atoms with Crippen molar-refractivity contribution < 1.29 is 9.53 Å². The van der Waals surface area contributed by atoms with Crippen LogP contribution in [0.4, 0.5) is 0 Å². The number of rotatable bonds is 5. The number of nitrogens with one attached hydrogen (secondary N) is 1. The standard InChI is InChI=1S/C19H27NO2S2/c1-14-3-7-16(8-4-14)20-18(21)13-22-17-9-5-15(6-10-17)19-23-11-2-12-24-19/h5-6,9-10,14,16,19H,2-4,7-8,11-13H2,1H3,(H,20,21). The highest BCUT2D eigenvalue weighted by Gasteiger charge is 2.20. The first kappa shape index (κ1) is 18.0. The molecule has 1 saturated heterocycles. The second-order valence-electron chi connectivity index (χ2n) is 6.81. The zero-order valence-electron chi connectivity index (χ0n) is 14.3. The van der Waals surface area contributed by atoms with E-state index in [9.17, 15) is 4.79 Å². The molecule has 1 saturated carbocycles. The summed E-state index contributed by atoms with van der Waals surface area (Å²) in [5.41, 5.74) is 1.35. The van der Waals surface area contributed by atoms with Gasteiger partial charge in [-0.3, -0.25) is 4.79 Å². The van der Waals surface area contributed by atoms with Crippen molar-refractivity contribution in [2.75, 3.05) is 18.1 Å². The van der Waals surface area contributed by atoms with Crippen LogP contribution in [-0.4, -0.2) is 30.1 Å². The van der Waals surface area contributed by atoms with Crippen molar-refractivity contribution in [3.63, 3.8) is 0 Å². The van der Waals surface area contributed by atoms with E-state index in [0.29, 0.717) is 10.6 Å². The molecule has 0 radical (unpaired) electrons. The molecule has 3 rings (SSSR count). The summed E-state index contributed by atoms with van der Waals surface area (Å²) in [5.74, 6) is 4.06. The smallest absolute Gasteiger partial charge is 0.258 e. The van der Waals surface area contributed by atoms with Gasteiger partial charge in [-0.1, -0.05) is 19.1 Å². The Labute approximate surface area is 153 Å². The summed E-state index contributed by atoms with van der Waals surface area (Å²) >= 11 is 4.04. The lowest BCUT2D eigenvalue weighted by Gasteiger charge is -2.26. The highest BCUT2D eigenvalue weighted by atomic mass is 32.2. The van der Waals surface area contributed by atoms with Crippen LogP contribution in [0.25, 0.3) is 0 Å². The fourth-order valence-corrected chi connectivity index (χ4v) is 6.12. The van der Waals surface area contributed by atoms with E-state index < -0.39 is 0 Å². The topological polar surface area (TPSA) is 38.3 Å². The Morgan fingerprint density at radius 3 is 2.46 bits per heavy atom. The molecule has 5 heteroatoms. The van der Waals surface area contributed by atoms with Crippen LogP contribution in [0.5, 0.6) is 5.75 Å². The average Bonchev–Trinajstić information content (AvgIpc) is 2.63. The van der Waals surface area contributed by atoms with Gasteiger partial charge >= 0.3 is 0 Å². The zero-order chi connectivity index (χ0) is 16.8. The zero-order valence-corrected chi connectivity index (χ0v) is 16.0. The molecule has 3 nitrogen and oxygen atoms in total. The van der Waals surface area contributed by atoms with Gasteiger partial charge in [0, 0.05) is 6.04 Å². The third-order valence-electron chi connectivity index (χ3n) is 4.73. The van der Waals surface area contributed by atoms with Gasteiger partial charge in [-0.15, -0.1) is 23.5 Å². The van der Waals surface area contributed by atoms with Crippen LogP contribution in [0.1, 0.15) is 49.2 Å². The van der Waals surface area contributed by atoms with Gasteiger partial charge in [-0.05, 0) is 67.2 Å². The van der Waals surface area contributed by atoms with E-state index >= 15 is 0 Å². The van der Waals surface area contributed by atoms with Gasteiger partial charge in [0.05, 0.1) is 4.58 Å². The minimum absolute atomic E-state index is 0.00276. The third kappa shape index (κ3) is 5.35. The predicted octanol–water partition coefficient (Wildman–Crippen LogP) is 4.63. The molecule has 132 valence electrons. The Kier molecular flexibility index (Phi) is 6.78. The molecule has 0 bridgehead atoms. The molecule has 2 fully saturated rings. The fraction of sp³-hybridized carbons (Fsp3) is 0.632. The number of hydrogen-bond acceptors (Lipinski definition) is 4. The first-order valence-electron chi connectivity index (χ1n) is 8.96. The third-order valence-corrected chi connectivity index (χ3v) is 7.75. The molecule has 0 spiro atoms. The fourth-order valence-electron chi connectivity index (χ4n) is 3.22. The summed E-state index contributed by atoms with van der Waals surface area (Å²) in [5, 5.41) is 3.10. The lowest BCUT2D eigenvalue weighted by atomic mass is 9.87. The van der Waals surface area contributed by atoms with Crippen LogP contribution < -0.4 is 10.1 Å². The van der Waals surface area contributed by atoms with Crippen LogP contribution in [0.15, 0.2) is 24.3 Å². The summed E-state index contributed by atoms with van der Waals surface area (Å²) in [6, 6.07) is 8.57. The Bertz CT molecular complexity index is 521. The van der Waals surface area contributed by atoms with E-state index in [4.69, 9.17) is 4.74 Å². The number of carbonyl (C=O) groups excluding carboxylic acids is 1.